The molecule has 0 spiro atoms. The molecular formula is C23H34N4O3. The molecule has 0 saturated carbocycles. The Morgan fingerprint density at radius 3 is 2.03 bits per heavy atom. The number of methoxy groups -OCH3 is 3. The predicted octanol–water partition coefficient (Wildman–Crippen LogP) is 2.99. The molecule has 7 nitrogen and oxygen atoms in total. The van der Waals surface area contributed by atoms with Crippen molar-refractivity contribution >= 4 is 5.96 Å². The standard InChI is InChI=1S/C23H34N4O3/c1-16-8-10-18(11-9-16)19(27(3)4)15-26-23(24-2)25-14-17-12-20(28-5)22(30-7)21(13-17)29-6/h8-13,19H,14-15H2,1-7H3,(H2,24,25,26). The first kappa shape index (κ1) is 23.3. The molecule has 0 fully saturated rings. The molecule has 2 rings (SSSR count). The maximum Gasteiger partial charge on any atom is 0.203 e. The first-order valence-corrected chi connectivity index (χ1v) is 9.89. The van der Waals surface area contributed by atoms with Crippen LogP contribution in [0.15, 0.2) is 41.4 Å². The summed E-state index contributed by atoms with van der Waals surface area (Å²) in [5.74, 6) is 2.56. The van der Waals surface area contributed by atoms with Gasteiger partial charge in [0.05, 0.1) is 27.4 Å². The van der Waals surface area contributed by atoms with Crippen molar-refractivity contribution in [1.29, 1.82) is 0 Å². The van der Waals surface area contributed by atoms with Crippen LogP contribution < -0.4 is 24.8 Å². The lowest BCUT2D eigenvalue weighted by atomic mass is 10.0. The number of likely N-dealkylation sites (N-methyl/N-ethyl adjacent to an activating group) is 1. The summed E-state index contributed by atoms with van der Waals surface area (Å²) in [5, 5.41) is 6.77. The second-order valence-electron chi connectivity index (χ2n) is 7.23. The molecule has 0 aromatic heterocycles. The molecule has 0 aliphatic carbocycles. The van der Waals surface area contributed by atoms with E-state index in [-0.39, 0.29) is 6.04 Å². The van der Waals surface area contributed by atoms with Crippen molar-refractivity contribution in [3.8, 4) is 17.2 Å². The average Bonchev–Trinajstić information content (AvgIpc) is 2.75. The number of hydrogen-bond donors (Lipinski definition) is 2. The van der Waals surface area contributed by atoms with E-state index in [0.29, 0.717) is 23.8 Å². The summed E-state index contributed by atoms with van der Waals surface area (Å²) in [6.07, 6.45) is 0. The van der Waals surface area contributed by atoms with Gasteiger partial charge in [0.15, 0.2) is 17.5 Å². The zero-order valence-electron chi connectivity index (χ0n) is 19.1. The summed E-state index contributed by atoms with van der Waals surface area (Å²) >= 11 is 0. The van der Waals surface area contributed by atoms with Gasteiger partial charge < -0.3 is 29.7 Å². The number of ether oxygens (including phenoxy) is 3. The molecule has 0 bridgehead atoms. The molecule has 1 atom stereocenters. The van der Waals surface area contributed by atoms with Crippen molar-refractivity contribution in [2.45, 2.75) is 19.5 Å². The quantitative estimate of drug-likeness (QED) is 0.486. The van der Waals surface area contributed by atoms with E-state index in [1.807, 2.05) is 12.1 Å². The van der Waals surface area contributed by atoms with Crippen molar-refractivity contribution in [2.75, 3.05) is 49.0 Å². The summed E-state index contributed by atoms with van der Waals surface area (Å²) < 4.78 is 16.2. The summed E-state index contributed by atoms with van der Waals surface area (Å²) in [4.78, 5) is 6.55. The lowest BCUT2D eigenvalue weighted by molar-refractivity contribution is 0.298. The predicted molar refractivity (Wildman–Crippen MR) is 122 cm³/mol. The fourth-order valence-electron chi connectivity index (χ4n) is 3.22. The van der Waals surface area contributed by atoms with Gasteiger partial charge in [-0.3, -0.25) is 4.99 Å². The Morgan fingerprint density at radius 1 is 0.967 bits per heavy atom. The Balaban J connectivity index is 2.04. The number of guanidine groups is 1. The van der Waals surface area contributed by atoms with Crippen LogP contribution in [0.5, 0.6) is 17.2 Å². The van der Waals surface area contributed by atoms with Crippen molar-refractivity contribution < 1.29 is 14.2 Å². The van der Waals surface area contributed by atoms with E-state index in [2.05, 4.69) is 65.8 Å². The van der Waals surface area contributed by atoms with Crippen LogP contribution in [0, 0.1) is 6.92 Å². The van der Waals surface area contributed by atoms with Crippen molar-refractivity contribution in [2.24, 2.45) is 4.99 Å². The summed E-state index contributed by atoms with van der Waals surface area (Å²) in [6, 6.07) is 12.7. The van der Waals surface area contributed by atoms with Gasteiger partial charge in [0.2, 0.25) is 5.75 Å². The van der Waals surface area contributed by atoms with Crippen LogP contribution in [0.1, 0.15) is 22.7 Å². The number of rotatable bonds is 9. The molecule has 0 heterocycles. The van der Waals surface area contributed by atoms with Crippen LogP contribution >= 0.6 is 0 Å². The fraction of sp³-hybridized carbons (Fsp3) is 0.435. The van der Waals surface area contributed by atoms with E-state index in [4.69, 9.17) is 14.2 Å². The van der Waals surface area contributed by atoms with Gasteiger partial charge in [-0.05, 0) is 44.3 Å². The second-order valence-corrected chi connectivity index (χ2v) is 7.23. The normalized spacial score (nSPS) is 12.5. The molecular weight excluding hydrogens is 380 g/mol. The van der Waals surface area contributed by atoms with E-state index in [1.165, 1.54) is 11.1 Å². The molecule has 0 amide bonds. The molecule has 0 aliphatic rings. The number of aliphatic imine (C=N–C) groups is 1. The number of nitrogens with one attached hydrogen (secondary N) is 2. The van der Waals surface area contributed by atoms with Crippen LogP contribution in [0.3, 0.4) is 0 Å². The first-order valence-electron chi connectivity index (χ1n) is 9.89. The fourth-order valence-corrected chi connectivity index (χ4v) is 3.22. The third kappa shape index (κ3) is 6.03. The minimum absolute atomic E-state index is 0.227. The molecule has 2 N–H and O–H groups in total. The number of nitrogens with zero attached hydrogens (tertiary/aromatic N) is 2. The van der Waals surface area contributed by atoms with E-state index >= 15 is 0 Å². The monoisotopic (exact) mass is 414 g/mol. The summed E-state index contributed by atoms with van der Waals surface area (Å²) in [5.41, 5.74) is 3.51. The smallest absolute Gasteiger partial charge is 0.203 e. The Bertz CT molecular complexity index is 810. The Kier molecular flexibility index (Phi) is 8.80. The van der Waals surface area contributed by atoms with Gasteiger partial charge >= 0.3 is 0 Å². The van der Waals surface area contributed by atoms with E-state index in [0.717, 1.165) is 18.1 Å². The van der Waals surface area contributed by atoms with Crippen LogP contribution in [0.4, 0.5) is 0 Å². The molecule has 7 heteroatoms. The molecule has 164 valence electrons. The Hall–Kier alpha value is -2.93. The highest BCUT2D eigenvalue weighted by Crippen LogP contribution is 2.38. The highest BCUT2D eigenvalue weighted by Gasteiger charge is 2.16. The third-order valence-corrected chi connectivity index (χ3v) is 4.96. The van der Waals surface area contributed by atoms with Crippen LogP contribution in [0.2, 0.25) is 0 Å². The van der Waals surface area contributed by atoms with Crippen LogP contribution in [-0.4, -0.2) is 59.9 Å². The van der Waals surface area contributed by atoms with Gasteiger partial charge in [-0.1, -0.05) is 29.8 Å². The highest BCUT2D eigenvalue weighted by molar-refractivity contribution is 5.79. The molecule has 30 heavy (non-hydrogen) atoms. The first-order chi connectivity index (χ1) is 14.4. The minimum atomic E-state index is 0.227. The second kappa shape index (κ2) is 11.3. The Morgan fingerprint density at radius 2 is 1.57 bits per heavy atom. The lowest BCUT2D eigenvalue weighted by Gasteiger charge is -2.26. The zero-order chi connectivity index (χ0) is 22.1. The Labute approximate surface area is 180 Å². The van der Waals surface area contributed by atoms with Gasteiger partial charge in [-0.15, -0.1) is 0 Å². The molecule has 0 saturated heterocycles. The van der Waals surface area contributed by atoms with E-state index < -0.39 is 0 Å². The summed E-state index contributed by atoms with van der Waals surface area (Å²) in [6.45, 7) is 3.39. The molecule has 1 unspecified atom stereocenters. The largest absolute Gasteiger partial charge is 0.493 e. The molecule has 2 aromatic rings. The van der Waals surface area contributed by atoms with Crippen LogP contribution in [-0.2, 0) is 6.54 Å². The molecule has 2 aromatic carbocycles. The van der Waals surface area contributed by atoms with E-state index in [1.54, 1.807) is 28.4 Å². The van der Waals surface area contributed by atoms with Crippen LogP contribution in [0.25, 0.3) is 0 Å². The maximum absolute atomic E-state index is 5.43. The molecule has 0 aliphatic heterocycles. The lowest BCUT2D eigenvalue weighted by Crippen LogP contribution is -2.41. The number of aryl methyl sites for hydroxylation is 1. The minimum Gasteiger partial charge on any atom is -0.493 e. The average molecular weight is 415 g/mol. The topological polar surface area (TPSA) is 67.4 Å². The molecule has 0 radical (unpaired) electrons. The number of hydrogen-bond acceptors (Lipinski definition) is 5. The number of benzene rings is 2. The van der Waals surface area contributed by atoms with Gasteiger partial charge in [-0.25, -0.2) is 0 Å². The highest BCUT2D eigenvalue weighted by atomic mass is 16.5. The van der Waals surface area contributed by atoms with Gasteiger partial charge in [-0.2, -0.15) is 0 Å². The summed E-state index contributed by atoms with van der Waals surface area (Å²) in [7, 11) is 10.7. The SMILES string of the molecule is CN=C(NCc1cc(OC)c(OC)c(OC)c1)NCC(c1ccc(C)cc1)N(C)C. The van der Waals surface area contributed by atoms with E-state index in [9.17, 15) is 0 Å². The van der Waals surface area contributed by atoms with Crippen molar-refractivity contribution in [3.63, 3.8) is 0 Å². The van der Waals surface area contributed by atoms with Gasteiger partial charge in [0.25, 0.3) is 0 Å². The third-order valence-electron chi connectivity index (χ3n) is 4.96. The van der Waals surface area contributed by atoms with Crippen molar-refractivity contribution in [1.82, 2.24) is 15.5 Å². The van der Waals surface area contributed by atoms with Gasteiger partial charge in [0, 0.05) is 20.1 Å². The van der Waals surface area contributed by atoms with Gasteiger partial charge in [0.1, 0.15) is 0 Å². The van der Waals surface area contributed by atoms with Crippen molar-refractivity contribution in [3.05, 3.63) is 53.1 Å². The zero-order valence-corrected chi connectivity index (χ0v) is 19.1. The maximum atomic E-state index is 5.43.